The summed E-state index contributed by atoms with van der Waals surface area (Å²) in [7, 11) is 0. The number of ketones is 1. The second-order valence-corrected chi connectivity index (χ2v) is 7.75. The molecule has 0 saturated heterocycles. The molecule has 7 heteroatoms. The van der Waals surface area contributed by atoms with Crippen LogP contribution in [0, 0.1) is 0 Å². The van der Waals surface area contributed by atoms with Crippen molar-refractivity contribution in [2.75, 3.05) is 0 Å². The fourth-order valence-electron chi connectivity index (χ4n) is 3.10. The third-order valence-corrected chi connectivity index (χ3v) is 5.80. The molecule has 0 fully saturated rings. The minimum absolute atomic E-state index is 0.0221. The summed E-state index contributed by atoms with van der Waals surface area (Å²) in [6.07, 6.45) is -0.243. The van der Waals surface area contributed by atoms with Crippen molar-refractivity contribution in [1.29, 1.82) is 0 Å². The average molecular weight is 430 g/mol. The second-order valence-electron chi connectivity index (χ2n) is 6.12. The van der Waals surface area contributed by atoms with E-state index in [4.69, 9.17) is 46.4 Å². The molecule has 1 aliphatic heterocycles. The number of rotatable bonds is 3. The molecule has 0 radical (unpaired) electrons. The molecule has 0 unspecified atom stereocenters. The van der Waals surface area contributed by atoms with E-state index < -0.39 is 0 Å². The molecule has 2 aromatic carbocycles. The first-order valence-corrected chi connectivity index (χ1v) is 9.43. The molecule has 0 spiro atoms. The Bertz CT molecular complexity index is 910. The number of hydrogen-bond donors (Lipinski definition) is 2. The fraction of sp³-hybridized carbons (Fsp3) is 0.211. The number of halogens is 4. The highest BCUT2D eigenvalue weighted by Gasteiger charge is 2.31. The predicted molar refractivity (Wildman–Crippen MR) is 108 cm³/mol. The largest absolute Gasteiger partial charge is 0.369 e. The van der Waals surface area contributed by atoms with Gasteiger partial charge in [0.25, 0.3) is 0 Å². The Balaban J connectivity index is 2.05. The van der Waals surface area contributed by atoms with Crippen LogP contribution >= 0.6 is 46.4 Å². The van der Waals surface area contributed by atoms with Gasteiger partial charge in [0, 0.05) is 11.3 Å². The number of allylic oxidation sites excluding steroid dienone is 1. The zero-order valence-electron chi connectivity index (χ0n) is 14.0. The van der Waals surface area contributed by atoms with Crippen LogP contribution in [0.5, 0.6) is 0 Å². The topological polar surface area (TPSA) is 41.1 Å². The summed E-state index contributed by atoms with van der Waals surface area (Å²) >= 11 is 24.4. The first-order chi connectivity index (χ1) is 12.3. The molecule has 0 aromatic heterocycles. The third-order valence-electron chi connectivity index (χ3n) is 4.32. The molecule has 1 aliphatic rings. The van der Waals surface area contributed by atoms with Crippen LogP contribution in [-0.2, 0) is 4.79 Å². The van der Waals surface area contributed by atoms with Crippen LogP contribution in [0.4, 0.5) is 0 Å². The maximum atomic E-state index is 12.3. The lowest BCUT2D eigenvalue weighted by atomic mass is 9.91. The van der Waals surface area contributed by atoms with E-state index in [9.17, 15) is 4.79 Å². The van der Waals surface area contributed by atoms with Gasteiger partial charge in [-0.25, -0.2) is 0 Å². The first-order valence-electron chi connectivity index (χ1n) is 7.92. The van der Waals surface area contributed by atoms with Gasteiger partial charge in [-0.2, -0.15) is 0 Å². The molecule has 1 heterocycles. The van der Waals surface area contributed by atoms with E-state index in [1.165, 1.54) is 0 Å². The third kappa shape index (κ3) is 3.88. The van der Waals surface area contributed by atoms with Crippen LogP contribution in [0.2, 0.25) is 20.1 Å². The number of carbonyl (C=O) groups excluding carboxylic acids is 1. The molecule has 26 heavy (non-hydrogen) atoms. The summed E-state index contributed by atoms with van der Waals surface area (Å²) in [6, 6.07) is 10.5. The molecule has 0 bridgehead atoms. The zero-order valence-corrected chi connectivity index (χ0v) is 17.1. The van der Waals surface area contributed by atoms with Crippen LogP contribution in [0.25, 0.3) is 0 Å². The smallest absolute Gasteiger partial charge is 0.159 e. The van der Waals surface area contributed by atoms with E-state index in [0.29, 0.717) is 25.7 Å². The molecule has 0 amide bonds. The van der Waals surface area contributed by atoms with Gasteiger partial charge >= 0.3 is 0 Å². The van der Waals surface area contributed by atoms with Crippen molar-refractivity contribution in [3.8, 4) is 0 Å². The van der Waals surface area contributed by atoms with Crippen molar-refractivity contribution in [3.05, 3.63) is 78.9 Å². The van der Waals surface area contributed by atoms with E-state index in [0.717, 1.165) is 16.8 Å². The monoisotopic (exact) mass is 428 g/mol. The number of carbonyl (C=O) groups is 1. The molecule has 0 aliphatic carbocycles. The van der Waals surface area contributed by atoms with Gasteiger partial charge in [-0.15, -0.1) is 0 Å². The van der Waals surface area contributed by atoms with Crippen molar-refractivity contribution in [2.24, 2.45) is 0 Å². The van der Waals surface area contributed by atoms with Gasteiger partial charge < -0.3 is 5.32 Å². The van der Waals surface area contributed by atoms with Gasteiger partial charge in [0.15, 0.2) is 5.78 Å². The molecular formula is C19H16Cl4N2O. The Hall–Kier alpha value is -1.23. The zero-order chi connectivity index (χ0) is 19.0. The highest BCUT2D eigenvalue weighted by Crippen LogP contribution is 2.35. The van der Waals surface area contributed by atoms with Crippen molar-refractivity contribution >= 4 is 52.2 Å². The molecule has 2 aromatic rings. The van der Waals surface area contributed by atoms with Gasteiger partial charge in [0.1, 0.15) is 6.17 Å². The van der Waals surface area contributed by atoms with Gasteiger partial charge in [0.2, 0.25) is 0 Å². The second kappa shape index (κ2) is 7.79. The molecule has 2 atom stereocenters. The van der Waals surface area contributed by atoms with Crippen molar-refractivity contribution in [2.45, 2.75) is 26.1 Å². The molecule has 136 valence electrons. The molecule has 3 rings (SSSR count). The maximum absolute atomic E-state index is 12.3. The minimum atomic E-state index is -0.331. The quantitative estimate of drug-likeness (QED) is 0.619. The van der Waals surface area contributed by atoms with Crippen molar-refractivity contribution < 1.29 is 4.79 Å². The summed E-state index contributed by atoms with van der Waals surface area (Å²) in [5, 5.41) is 8.64. The number of nitrogens with one attached hydrogen (secondary N) is 2. The normalized spacial score (nSPS) is 20.1. The van der Waals surface area contributed by atoms with Crippen LogP contribution < -0.4 is 10.6 Å². The van der Waals surface area contributed by atoms with Crippen molar-refractivity contribution in [1.82, 2.24) is 10.6 Å². The Labute approximate surface area is 172 Å². The minimum Gasteiger partial charge on any atom is -0.369 e. The molecular weight excluding hydrogens is 414 g/mol. The van der Waals surface area contributed by atoms with E-state index in [1.807, 2.05) is 19.1 Å². The average Bonchev–Trinajstić information content (AvgIpc) is 2.58. The summed E-state index contributed by atoms with van der Waals surface area (Å²) < 4.78 is 0. The predicted octanol–water partition coefficient (Wildman–Crippen LogP) is 6.10. The Morgan fingerprint density at radius 2 is 1.42 bits per heavy atom. The first kappa shape index (κ1) is 19.5. The Kier molecular flexibility index (Phi) is 5.85. The lowest BCUT2D eigenvalue weighted by Crippen LogP contribution is -2.43. The van der Waals surface area contributed by atoms with Crippen molar-refractivity contribution in [3.63, 3.8) is 0 Å². The summed E-state index contributed by atoms with van der Waals surface area (Å²) in [5.74, 6) is -0.0221. The Morgan fingerprint density at radius 3 is 1.96 bits per heavy atom. The maximum Gasteiger partial charge on any atom is 0.159 e. The van der Waals surface area contributed by atoms with E-state index in [-0.39, 0.29) is 18.0 Å². The highest BCUT2D eigenvalue weighted by molar-refractivity contribution is 6.42. The fourth-order valence-corrected chi connectivity index (χ4v) is 3.71. The lowest BCUT2D eigenvalue weighted by molar-refractivity contribution is -0.114. The molecule has 0 saturated carbocycles. The van der Waals surface area contributed by atoms with Crippen LogP contribution in [0.3, 0.4) is 0 Å². The summed E-state index contributed by atoms with van der Waals surface area (Å²) in [4.78, 5) is 12.3. The standard InChI is InChI=1S/C19H16Cl4N2O/c1-9-17(10(2)26)18(11-3-5-13(20)15(22)7-11)25-19(24-9)12-4-6-14(21)16(23)8-12/h3-8,18-19,24-25H,1-2H3/t18-,19+/m1/s1. The summed E-state index contributed by atoms with van der Waals surface area (Å²) in [6.45, 7) is 3.43. The van der Waals surface area contributed by atoms with Gasteiger partial charge in [-0.3, -0.25) is 10.1 Å². The van der Waals surface area contributed by atoms with Gasteiger partial charge in [0.05, 0.1) is 26.1 Å². The van der Waals surface area contributed by atoms with Crippen LogP contribution in [-0.4, -0.2) is 5.78 Å². The SMILES string of the molecule is CC(=O)C1=C(C)N[C@H](c2ccc(Cl)c(Cl)c2)N[C@@H]1c1ccc(Cl)c(Cl)c1. The number of benzene rings is 2. The van der Waals surface area contributed by atoms with Crippen LogP contribution in [0.1, 0.15) is 37.2 Å². The van der Waals surface area contributed by atoms with Gasteiger partial charge in [-0.1, -0.05) is 58.5 Å². The van der Waals surface area contributed by atoms with Gasteiger partial charge in [-0.05, 0) is 49.2 Å². The van der Waals surface area contributed by atoms with E-state index in [2.05, 4.69) is 10.6 Å². The van der Waals surface area contributed by atoms with E-state index in [1.54, 1.807) is 31.2 Å². The number of hydrogen-bond acceptors (Lipinski definition) is 3. The Morgan fingerprint density at radius 1 is 0.885 bits per heavy atom. The highest BCUT2D eigenvalue weighted by atomic mass is 35.5. The lowest BCUT2D eigenvalue weighted by Gasteiger charge is -2.35. The molecule has 3 nitrogen and oxygen atoms in total. The number of Topliss-reactive ketones (excluding diaryl/α,β-unsaturated/α-hetero) is 1. The van der Waals surface area contributed by atoms with Crippen LogP contribution in [0.15, 0.2) is 47.7 Å². The van der Waals surface area contributed by atoms with E-state index >= 15 is 0 Å². The summed E-state index contributed by atoms with van der Waals surface area (Å²) in [5.41, 5.74) is 3.21. The molecule has 2 N–H and O–H groups in total.